The molecule has 0 unspecified atom stereocenters. The first-order valence-electron chi connectivity index (χ1n) is 6.76. The van der Waals surface area contributed by atoms with Gasteiger partial charge in [-0.1, -0.05) is 6.07 Å². The van der Waals surface area contributed by atoms with Crippen molar-refractivity contribution in [1.82, 2.24) is 4.31 Å². The summed E-state index contributed by atoms with van der Waals surface area (Å²) in [6.45, 7) is 1.82. The third-order valence-corrected chi connectivity index (χ3v) is 5.87. The zero-order valence-corrected chi connectivity index (χ0v) is 11.7. The molecule has 2 N–H and O–H groups in total. The lowest BCUT2D eigenvalue weighted by molar-refractivity contribution is 0.471. The maximum atomic E-state index is 12.7. The summed E-state index contributed by atoms with van der Waals surface area (Å²) in [5, 5.41) is 0. The Morgan fingerprint density at radius 2 is 1.79 bits per heavy atom. The SMILES string of the molecule is Nc1cccc2c1CCCN2S(=O)(=O)N1CCCC1. The number of fused-ring (bicyclic) bond motifs is 1. The lowest BCUT2D eigenvalue weighted by Crippen LogP contribution is -2.45. The molecule has 0 atom stereocenters. The number of nitrogens with zero attached hydrogens (tertiary/aromatic N) is 2. The van der Waals surface area contributed by atoms with Gasteiger partial charge in [0.05, 0.1) is 5.69 Å². The summed E-state index contributed by atoms with van der Waals surface area (Å²) in [5.74, 6) is 0. The largest absolute Gasteiger partial charge is 0.398 e. The van der Waals surface area contributed by atoms with Gasteiger partial charge >= 0.3 is 10.2 Å². The molecule has 19 heavy (non-hydrogen) atoms. The van der Waals surface area contributed by atoms with E-state index in [2.05, 4.69) is 0 Å². The van der Waals surface area contributed by atoms with Gasteiger partial charge in [0.15, 0.2) is 0 Å². The number of nitrogen functional groups attached to an aromatic ring is 1. The van der Waals surface area contributed by atoms with E-state index in [0.717, 1.165) is 36.9 Å². The molecular weight excluding hydrogens is 262 g/mol. The molecule has 104 valence electrons. The van der Waals surface area contributed by atoms with Crippen molar-refractivity contribution in [2.45, 2.75) is 25.7 Å². The summed E-state index contributed by atoms with van der Waals surface area (Å²) >= 11 is 0. The Hall–Kier alpha value is -1.27. The number of rotatable bonds is 2. The predicted octanol–water partition coefficient (Wildman–Crippen LogP) is 1.36. The second-order valence-electron chi connectivity index (χ2n) is 5.13. The topological polar surface area (TPSA) is 66.6 Å². The van der Waals surface area contributed by atoms with E-state index >= 15 is 0 Å². The molecule has 6 heteroatoms. The van der Waals surface area contributed by atoms with Crippen LogP contribution in [0.15, 0.2) is 18.2 Å². The van der Waals surface area contributed by atoms with E-state index in [1.165, 1.54) is 4.31 Å². The number of hydrogen-bond donors (Lipinski definition) is 1. The van der Waals surface area contributed by atoms with Gasteiger partial charge in [0, 0.05) is 25.3 Å². The van der Waals surface area contributed by atoms with Crippen LogP contribution < -0.4 is 10.0 Å². The van der Waals surface area contributed by atoms with E-state index in [-0.39, 0.29) is 0 Å². The molecule has 1 aromatic rings. The number of hydrogen-bond acceptors (Lipinski definition) is 3. The zero-order valence-electron chi connectivity index (χ0n) is 10.9. The van der Waals surface area contributed by atoms with Crippen molar-refractivity contribution < 1.29 is 8.42 Å². The monoisotopic (exact) mass is 281 g/mol. The molecule has 2 aliphatic rings. The highest BCUT2D eigenvalue weighted by molar-refractivity contribution is 7.90. The second-order valence-corrected chi connectivity index (χ2v) is 6.99. The highest BCUT2D eigenvalue weighted by Crippen LogP contribution is 2.34. The molecule has 2 aliphatic heterocycles. The standard InChI is InChI=1S/C13H19N3O2S/c14-12-6-3-7-13-11(12)5-4-10-16(13)19(17,18)15-8-1-2-9-15/h3,6-7H,1-2,4-5,8-10,14H2. The molecule has 0 amide bonds. The lowest BCUT2D eigenvalue weighted by atomic mass is 10.0. The van der Waals surface area contributed by atoms with Crippen LogP contribution in [0.4, 0.5) is 11.4 Å². The van der Waals surface area contributed by atoms with Crippen LogP contribution in [0.1, 0.15) is 24.8 Å². The van der Waals surface area contributed by atoms with Gasteiger partial charge in [-0.15, -0.1) is 0 Å². The first kappa shape index (κ1) is 12.7. The van der Waals surface area contributed by atoms with E-state index in [4.69, 9.17) is 5.73 Å². The smallest absolute Gasteiger partial charge is 0.304 e. The second kappa shape index (κ2) is 4.68. The molecule has 0 radical (unpaired) electrons. The molecule has 5 nitrogen and oxygen atoms in total. The van der Waals surface area contributed by atoms with Crippen LogP contribution in [0.5, 0.6) is 0 Å². The highest BCUT2D eigenvalue weighted by atomic mass is 32.2. The minimum absolute atomic E-state index is 0.551. The van der Waals surface area contributed by atoms with Crippen LogP contribution in [-0.2, 0) is 16.6 Å². The maximum Gasteiger partial charge on any atom is 0.304 e. The Morgan fingerprint density at radius 3 is 2.53 bits per heavy atom. The van der Waals surface area contributed by atoms with Crippen molar-refractivity contribution >= 4 is 21.6 Å². The summed E-state index contributed by atoms with van der Waals surface area (Å²) in [4.78, 5) is 0. The molecule has 0 saturated carbocycles. The van der Waals surface area contributed by atoms with Gasteiger partial charge < -0.3 is 5.73 Å². The Bertz CT molecular complexity index is 580. The minimum atomic E-state index is -3.38. The summed E-state index contributed by atoms with van der Waals surface area (Å²) in [5.41, 5.74) is 8.39. The van der Waals surface area contributed by atoms with Crippen molar-refractivity contribution in [3.05, 3.63) is 23.8 Å². The molecule has 1 saturated heterocycles. The summed E-state index contributed by atoms with van der Waals surface area (Å²) in [7, 11) is -3.38. The Kier molecular flexibility index (Phi) is 3.14. The van der Waals surface area contributed by atoms with Crippen LogP contribution in [-0.4, -0.2) is 32.4 Å². The van der Waals surface area contributed by atoms with Crippen molar-refractivity contribution in [1.29, 1.82) is 0 Å². The van der Waals surface area contributed by atoms with Gasteiger partial charge in [-0.2, -0.15) is 12.7 Å². The van der Waals surface area contributed by atoms with Crippen LogP contribution in [0.2, 0.25) is 0 Å². The molecule has 1 aromatic carbocycles. The average molecular weight is 281 g/mol. The normalized spacial score (nSPS) is 20.5. The van der Waals surface area contributed by atoms with E-state index in [9.17, 15) is 8.42 Å². The van der Waals surface area contributed by atoms with Gasteiger partial charge in [0.2, 0.25) is 0 Å². The number of anilines is 2. The van der Waals surface area contributed by atoms with Gasteiger partial charge in [-0.3, -0.25) is 4.31 Å². The maximum absolute atomic E-state index is 12.7. The van der Waals surface area contributed by atoms with E-state index in [0.29, 0.717) is 25.3 Å². The molecule has 0 aliphatic carbocycles. The fourth-order valence-electron chi connectivity index (χ4n) is 2.92. The fourth-order valence-corrected chi connectivity index (χ4v) is 4.69. The molecular formula is C13H19N3O2S. The third-order valence-electron chi connectivity index (χ3n) is 3.91. The summed E-state index contributed by atoms with van der Waals surface area (Å²) in [6, 6.07) is 5.52. The molecule has 0 bridgehead atoms. The van der Waals surface area contributed by atoms with E-state index in [1.807, 2.05) is 18.2 Å². The van der Waals surface area contributed by atoms with Crippen LogP contribution in [0.3, 0.4) is 0 Å². The van der Waals surface area contributed by atoms with Crippen LogP contribution >= 0.6 is 0 Å². The van der Waals surface area contributed by atoms with Crippen molar-refractivity contribution in [2.75, 3.05) is 29.7 Å². The first-order chi connectivity index (χ1) is 9.10. The van der Waals surface area contributed by atoms with Crippen LogP contribution in [0.25, 0.3) is 0 Å². The molecule has 0 spiro atoms. The van der Waals surface area contributed by atoms with Gasteiger partial charge in [0.1, 0.15) is 0 Å². The summed E-state index contributed by atoms with van der Waals surface area (Å²) in [6.07, 6.45) is 3.59. The Morgan fingerprint density at radius 1 is 1.05 bits per heavy atom. The first-order valence-corrected chi connectivity index (χ1v) is 8.15. The van der Waals surface area contributed by atoms with E-state index < -0.39 is 10.2 Å². The molecule has 0 aromatic heterocycles. The van der Waals surface area contributed by atoms with Crippen LogP contribution in [0, 0.1) is 0 Å². The molecule has 1 fully saturated rings. The molecule has 3 rings (SSSR count). The fraction of sp³-hybridized carbons (Fsp3) is 0.538. The number of benzene rings is 1. The van der Waals surface area contributed by atoms with Gasteiger partial charge in [-0.05, 0) is 43.4 Å². The predicted molar refractivity (Wildman–Crippen MR) is 76.2 cm³/mol. The third kappa shape index (κ3) is 2.08. The summed E-state index contributed by atoms with van der Waals surface area (Å²) < 4.78 is 28.5. The van der Waals surface area contributed by atoms with Crippen molar-refractivity contribution in [3.8, 4) is 0 Å². The minimum Gasteiger partial charge on any atom is -0.398 e. The molecule has 2 heterocycles. The quantitative estimate of drug-likeness (QED) is 0.832. The van der Waals surface area contributed by atoms with Gasteiger partial charge in [0.25, 0.3) is 0 Å². The van der Waals surface area contributed by atoms with Crippen molar-refractivity contribution in [2.24, 2.45) is 0 Å². The number of nitrogens with two attached hydrogens (primary N) is 1. The average Bonchev–Trinajstić information content (AvgIpc) is 2.93. The van der Waals surface area contributed by atoms with Gasteiger partial charge in [-0.25, -0.2) is 0 Å². The highest BCUT2D eigenvalue weighted by Gasteiger charge is 2.34. The zero-order chi connectivity index (χ0) is 13.5. The Balaban J connectivity index is 2.02. The Labute approximate surface area is 114 Å². The van der Waals surface area contributed by atoms with E-state index in [1.54, 1.807) is 4.31 Å². The lowest BCUT2D eigenvalue weighted by Gasteiger charge is -2.33. The van der Waals surface area contributed by atoms with Crippen molar-refractivity contribution in [3.63, 3.8) is 0 Å².